The summed E-state index contributed by atoms with van der Waals surface area (Å²) < 4.78 is 0. The highest BCUT2D eigenvalue weighted by Gasteiger charge is 2.29. The van der Waals surface area contributed by atoms with Crippen LogP contribution in [0.25, 0.3) is 0 Å². The Balaban J connectivity index is 1.81. The highest BCUT2D eigenvalue weighted by Crippen LogP contribution is 2.18. The Morgan fingerprint density at radius 3 is 2.94 bits per heavy atom. The standard InChI is InChI=1S/C13H25N3O2/c1-15-7-3-2-4-11(15)5-8-16-9-6-14-10-12(16)13(17)18/h11-12,14H,2-10H2,1H3,(H,17,18). The lowest BCUT2D eigenvalue weighted by Crippen LogP contribution is -2.55. The van der Waals surface area contributed by atoms with Crippen LogP contribution in [0.4, 0.5) is 0 Å². The fraction of sp³-hybridized carbons (Fsp3) is 0.923. The summed E-state index contributed by atoms with van der Waals surface area (Å²) in [6.07, 6.45) is 4.98. The van der Waals surface area contributed by atoms with Gasteiger partial charge in [0, 0.05) is 32.2 Å². The minimum absolute atomic E-state index is 0.340. The molecule has 104 valence electrons. The van der Waals surface area contributed by atoms with Gasteiger partial charge in [0.05, 0.1) is 0 Å². The summed E-state index contributed by atoms with van der Waals surface area (Å²) >= 11 is 0. The first-order valence-electron chi connectivity index (χ1n) is 7.06. The Kier molecular flexibility index (Phi) is 4.97. The summed E-state index contributed by atoms with van der Waals surface area (Å²) in [5.41, 5.74) is 0. The Hall–Kier alpha value is -0.650. The lowest BCUT2D eigenvalue weighted by atomic mass is 9.99. The minimum Gasteiger partial charge on any atom is -0.480 e. The van der Waals surface area contributed by atoms with E-state index in [9.17, 15) is 9.90 Å². The van der Waals surface area contributed by atoms with Crippen molar-refractivity contribution in [2.24, 2.45) is 0 Å². The lowest BCUT2D eigenvalue weighted by Gasteiger charge is -2.37. The molecule has 2 saturated heterocycles. The second-order valence-corrected chi connectivity index (χ2v) is 5.51. The van der Waals surface area contributed by atoms with E-state index in [1.54, 1.807) is 0 Å². The zero-order valence-corrected chi connectivity index (χ0v) is 11.3. The summed E-state index contributed by atoms with van der Waals surface area (Å²) in [5.74, 6) is -0.695. The van der Waals surface area contributed by atoms with Crippen molar-refractivity contribution in [2.45, 2.75) is 37.8 Å². The number of carboxylic acid groups (broad SMARTS) is 1. The van der Waals surface area contributed by atoms with E-state index in [-0.39, 0.29) is 6.04 Å². The number of aliphatic carboxylic acids is 1. The summed E-state index contributed by atoms with van der Waals surface area (Å²) in [4.78, 5) is 15.7. The molecule has 0 aromatic carbocycles. The topological polar surface area (TPSA) is 55.8 Å². The van der Waals surface area contributed by atoms with Gasteiger partial charge in [-0.15, -0.1) is 0 Å². The Morgan fingerprint density at radius 1 is 1.39 bits per heavy atom. The third-order valence-corrected chi connectivity index (χ3v) is 4.31. The fourth-order valence-electron chi connectivity index (χ4n) is 3.08. The maximum Gasteiger partial charge on any atom is 0.322 e. The molecule has 2 unspecified atom stereocenters. The molecule has 0 aromatic heterocycles. The van der Waals surface area contributed by atoms with Gasteiger partial charge < -0.3 is 15.3 Å². The molecule has 0 saturated carbocycles. The number of nitrogens with one attached hydrogen (secondary N) is 1. The van der Waals surface area contributed by atoms with Crippen LogP contribution in [0.1, 0.15) is 25.7 Å². The predicted molar refractivity (Wildman–Crippen MR) is 70.8 cm³/mol. The van der Waals surface area contributed by atoms with Crippen LogP contribution in [-0.4, -0.2) is 72.7 Å². The molecule has 2 aliphatic rings. The van der Waals surface area contributed by atoms with Crippen LogP contribution in [0, 0.1) is 0 Å². The van der Waals surface area contributed by atoms with Gasteiger partial charge in [0.25, 0.3) is 0 Å². The Bertz CT molecular complexity index is 285. The zero-order chi connectivity index (χ0) is 13.0. The van der Waals surface area contributed by atoms with Crippen molar-refractivity contribution < 1.29 is 9.90 Å². The zero-order valence-electron chi connectivity index (χ0n) is 11.3. The Labute approximate surface area is 109 Å². The molecule has 0 radical (unpaired) electrons. The van der Waals surface area contributed by atoms with Gasteiger partial charge >= 0.3 is 5.97 Å². The molecule has 5 nitrogen and oxygen atoms in total. The summed E-state index contributed by atoms with van der Waals surface area (Å²) in [5, 5.41) is 12.4. The van der Waals surface area contributed by atoms with Crippen molar-refractivity contribution >= 4 is 5.97 Å². The molecular formula is C13H25N3O2. The van der Waals surface area contributed by atoms with Crippen LogP contribution < -0.4 is 5.32 Å². The number of hydrogen-bond acceptors (Lipinski definition) is 4. The van der Waals surface area contributed by atoms with Gasteiger partial charge in [0.1, 0.15) is 6.04 Å². The normalized spacial score (nSPS) is 31.4. The van der Waals surface area contributed by atoms with E-state index in [2.05, 4.69) is 22.2 Å². The summed E-state index contributed by atoms with van der Waals surface area (Å²) in [6, 6.07) is 0.302. The fourth-order valence-corrected chi connectivity index (χ4v) is 3.08. The largest absolute Gasteiger partial charge is 0.480 e. The van der Waals surface area contributed by atoms with E-state index >= 15 is 0 Å². The van der Waals surface area contributed by atoms with Crippen LogP contribution in [0.5, 0.6) is 0 Å². The molecule has 0 aromatic rings. The number of piperazine rings is 1. The average Bonchev–Trinajstić information content (AvgIpc) is 2.38. The third kappa shape index (κ3) is 3.43. The highest BCUT2D eigenvalue weighted by molar-refractivity contribution is 5.73. The van der Waals surface area contributed by atoms with E-state index in [4.69, 9.17) is 0 Å². The van der Waals surface area contributed by atoms with Gasteiger partial charge in [-0.05, 0) is 32.9 Å². The smallest absolute Gasteiger partial charge is 0.322 e. The van der Waals surface area contributed by atoms with Crippen LogP contribution in [-0.2, 0) is 4.79 Å². The molecule has 2 fully saturated rings. The molecule has 2 atom stereocenters. The molecule has 0 bridgehead atoms. The van der Waals surface area contributed by atoms with Gasteiger partial charge in [0.2, 0.25) is 0 Å². The molecule has 2 aliphatic heterocycles. The van der Waals surface area contributed by atoms with Crippen LogP contribution in [0.15, 0.2) is 0 Å². The molecule has 2 N–H and O–H groups in total. The van der Waals surface area contributed by atoms with Gasteiger partial charge in [-0.25, -0.2) is 0 Å². The van der Waals surface area contributed by atoms with Gasteiger partial charge in [-0.2, -0.15) is 0 Å². The van der Waals surface area contributed by atoms with E-state index in [1.807, 2.05) is 0 Å². The molecule has 0 amide bonds. The Morgan fingerprint density at radius 2 is 2.22 bits per heavy atom. The molecule has 18 heavy (non-hydrogen) atoms. The molecule has 0 aliphatic carbocycles. The molecule has 2 heterocycles. The van der Waals surface area contributed by atoms with E-state index in [0.717, 1.165) is 26.1 Å². The number of piperidine rings is 1. The monoisotopic (exact) mass is 255 g/mol. The van der Waals surface area contributed by atoms with E-state index in [1.165, 1.54) is 25.8 Å². The van der Waals surface area contributed by atoms with E-state index < -0.39 is 5.97 Å². The number of likely N-dealkylation sites (tertiary alicyclic amines) is 1. The quantitative estimate of drug-likeness (QED) is 0.752. The number of carbonyl (C=O) groups is 1. The number of nitrogens with zero attached hydrogens (tertiary/aromatic N) is 2. The van der Waals surface area contributed by atoms with E-state index in [0.29, 0.717) is 12.6 Å². The number of hydrogen-bond donors (Lipinski definition) is 2. The van der Waals surface area contributed by atoms with Crippen molar-refractivity contribution in [3.8, 4) is 0 Å². The summed E-state index contributed by atoms with van der Waals surface area (Å²) in [7, 11) is 2.19. The van der Waals surface area contributed by atoms with Gasteiger partial charge in [-0.1, -0.05) is 6.42 Å². The summed E-state index contributed by atoms with van der Waals surface area (Å²) in [6.45, 7) is 4.44. The van der Waals surface area contributed by atoms with Crippen molar-refractivity contribution in [1.82, 2.24) is 15.1 Å². The maximum absolute atomic E-state index is 11.2. The minimum atomic E-state index is -0.695. The average molecular weight is 255 g/mol. The first-order chi connectivity index (χ1) is 8.68. The highest BCUT2D eigenvalue weighted by atomic mass is 16.4. The number of carboxylic acids is 1. The second-order valence-electron chi connectivity index (χ2n) is 5.51. The van der Waals surface area contributed by atoms with Crippen LogP contribution in [0.3, 0.4) is 0 Å². The second kappa shape index (κ2) is 6.50. The van der Waals surface area contributed by atoms with Gasteiger partial charge in [-0.3, -0.25) is 9.69 Å². The van der Waals surface area contributed by atoms with Crippen LogP contribution in [0.2, 0.25) is 0 Å². The maximum atomic E-state index is 11.2. The third-order valence-electron chi connectivity index (χ3n) is 4.31. The van der Waals surface area contributed by atoms with Crippen molar-refractivity contribution in [3.63, 3.8) is 0 Å². The molecular weight excluding hydrogens is 230 g/mol. The van der Waals surface area contributed by atoms with Crippen molar-refractivity contribution in [3.05, 3.63) is 0 Å². The van der Waals surface area contributed by atoms with Crippen molar-refractivity contribution in [1.29, 1.82) is 0 Å². The predicted octanol–water partition coefficient (Wildman–Crippen LogP) is 0.219. The van der Waals surface area contributed by atoms with Gasteiger partial charge in [0.15, 0.2) is 0 Å². The molecule has 2 rings (SSSR count). The molecule has 5 heteroatoms. The first-order valence-corrected chi connectivity index (χ1v) is 7.06. The lowest BCUT2D eigenvalue weighted by molar-refractivity contribution is -0.144. The van der Waals surface area contributed by atoms with Crippen LogP contribution >= 0.6 is 0 Å². The SMILES string of the molecule is CN1CCCCC1CCN1CCNCC1C(=O)O. The first kappa shape index (κ1) is 13.8. The van der Waals surface area contributed by atoms with Crippen molar-refractivity contribution in [2.75, 3.05) is 39.8 Å². The molecule has 0 spiro atoms. The number of rotatable bonds is 4.